The van der Waals surface area contributed by atoms with Crippen molar-refractivity contribution < 1.29 is 4.74 Å². The SMILES string of the molecule is Clc1ccc(Cl)c(NCc2ccc(OCCc3ccccc3)cc2)c1. The van der Waals surface area contributed by atoms with Crippen LogP contribution >= 0.6 is 23.2 Å². The van der Waals surface area contributed by atoms with Gasteiger partial charge in [0.25, 0.3) is 0 Å². The van der Waals surface area contributed by atoms with E-state index in [1.807, 2.05) is 48.5 Å². The monoisotopic (exact) mass is 371 g/mol. The summed E-state index contributed by atoms with van der Waals surface area (Å²) >= 11 is 12.2. The molecule has 0 radical (unpaired) electrons. The maximum absolute atomic E-state index is 6.15. The number of ether oxygens (including phenoxy) is 1. The molecule has 3 rings (SSSR count). The number of hydrogen-bond donors (Lipinski definition) is 1. The number of anilines is 1. The minimum atomic E-state index is 0.658. The quantitative estimate of drug-likeness (QED) is 0.531. The lowest BCUT2D eigenvalue weighted by Crippen LogP contribution is -2.02. The molecule has 0 aliphatic heterocycles. The summed E-state index contributed by atoms with van der Waals surface area (Å²) in [4.78, 5) is 0. The highest BCUT2D eigenvalue weighted by Crippen LogP contribution is 2.26. The first-order chi connectivity index (χ1) is 12.2. The molecule has 128 valence electrons. The molecule has 0 aliphatic carbocycles. The topological polar surface area (TPSA) is 21.3 Å². The Kier molecular flexibility index (Phi) is 6.21. The van der Waals surface area contributed by atoms with Crippen molar-refractivity contribution in [3.05, 3.63) is 94.0 Å². The van der Waals surface area contributed by atoms with Crippen molar-refractivity contribution in [1.29, 1.82) is 0 Å². The van der Waals surface area contributed by atoms with E-state index in [1.54, 1.807) is 12.1 Å². The third-order valence-electron chi connectivity index (χ3n) is 3.84. The Hall–Kier alpha value is -2.16. The van der Waals surface area contributed by atoms with Crippen LogP contribution in [0.3, 0.4) is 0 Å². The molecule has 3 aromatic rings. The van der Waals surface area contributed by atoms with Gasteiger partial charge in [0.15, 0.2) is 0 Å². The average molecular weight is 372 g/mol. The van der Waals surface area contributed by atoms with Gasteiger partial charge in [-0.05, 0) is 41.5 Å². The van der Waals surface area contributed by atoms with Gasteiger partial charge >= 0.3 is 0 Å². The third kappa shape index (κ3) is 5.42. The van der Waals surface area contributed by atoms with Crippen LogP contribution in [0.15, 0.2) is 72.8 Å². The fourth-order valence-electron chi connectivity index (χ4n) is 2.47. The predicted molar refractivity (Wildman–Crippen MR) is 106 cm³/mol. The molecule has 0 saturated carbocycles. The molecule has 1 N–H and O–H groups in total. The summed E-state index contributed by atoms with van der Waals surface area (Å²) in [6.07, 6.45) is 0.900. The van der Waals surface area contributed by atoms with E-state index in [2.05, 4.69) is 17.4 Å². The van der Waals surface area contributed by atoms with Crippen molar-refractivity contribution in [3.63, 3.8) is 0 Å². The summed E-state index contributed by atoms with van der Waals surface area (Å²) in [6.45, 7) is 1.34. The second-order valence-corrected chi connectivity index (χ2v) is 6.55. The molecule has 25 heavy (non-hydrogen) atoms. The summed E-state index contributed by atoms with van der Waals surface area (Å²) in [5, 5.41) is 4.62. The summed E-state index contributed by atoms with van der Waals surface area (Å²) in [6, 6.07) is 23.8. The van der Waals surface area contributed by atoms with Gasteiger partial charge in [-0.25, -0.2) is 0 Å². The molecule has 0 fully saturated rings. The summed E-state index contributed by atoms with van der Waals surface area (Å²) in [5.41, 5.74) is 3.26. The van der Waals surface area contributed by atoms with E-state index < -0.39 is 0 Å². The van der Waals surface area contributed by atoms with Crippen molar-refractivity contribution in [2.75, 3.05) is 11.9 Å². The van der Waals surface area contributed by atoms with Gasteiger partial charge in [0.2, 0.25) is 0 Å². The van der Waals surface area contributed by atoms with Crippen molar-refractivity contribution in [3.8, 4) is 5.75 Å². The van der Waals surface area contributed by atoms with Gasteiger partial charge in [-0.2, -0.15) is 0 Å². The molecule has 3 aromatic carbocycles. The van der Waals surface area contributed by atoms with E-state index in [1.165, 1.54) is 5.56 Å². The predicted octanol–water partition coefficient (Wildman–Crippen LogP) is 6.23. The second-order valence-electron chi connectivity index (χ2n) is 5.71. The van der Waals surface area contributed by atoms with Crippen LogP contribution in [-0.4, -0.2) is 6.61 Å². The lowest BCUT2D eigenvalue weighted by Gasteiger charge is -2.10. The largest absolute Gasteiger partial charge is 0.493 e. The molecule has 0 heterocycles. The average Bonchev–Trinajstić information content (AvgIpc) is 2.64. The van der Waals surface area contributed by atoms with E-state index >= 15 is 0 Å². The van der Waals surface area contributed by atoms with Crippen molar-refractivity contribution in [1.82, 2.24) is 0 Å². The zero-order valence-corrected chi connectivity index (χ0v) is 15.2. The number of rotatable bonds is 7. The smallest absolute Gasteiger partial charge is 0.119 e. The van der Waals surface area contributed by atoms with Crippen molar-refractivity contribution >= 4 is 28.9 Å². The maximum Gasteiger partial charge on any atom is 0.119 e. The van der Waals surface area contributed by atoms with Crippen LogP contribution in [0, 0.1) is 0 Å². The van der Waals surface area contributed by atoms with Crippen LogP contribution in [0.1, 0.15) is 11.1 Å². The van der Waals surface area contributed by atoms with Crippen LogP contribution in [-0.2, 0) is 13.0 Å². The highest BCUT2D eigenvalue weighted by molar-refractivity contribution is 6.35. The second kappa shape index (κ2) is 8.80. The van der Waals surface area contributed by atoms with Crippen LogP contribution in [0.4, 0.5) is 5.69 Å². The Balaban J connectivity index is 1.49. The van der Waals surface area contributed by atoms with Crippen LogP contribution in [0.25, 0.3) is 0 Å². The van der Waals surface area contributed by atoms with Crippen LogP contribution in [0.5, 0.6) is 5.75 Å². The van der Waals surface area contributed by atoms with Crippen LogP contribution < -0.4 is 10.1 Å². The van der Waals surface area contributed by atoms with Gasteiger partial charge < -0.3 is 10.1 Å². The Morgan fingerprint density at radius 1 is 0.800 bits per heavy atom. The first-order valence-corrected chi connectivity index (χ1v) is 8.91. The van der Waals surface area contributed by atoms with E-state index in [9.17, 15) is 0 Å². The van der Waals surface area contributed by atoms with Crippen LogP contribution in [0.2, 0.25) is 10.0 Å². The minimum absolute atomic E-state index is 0.658. The molecule has 0 amide bonds. The first-order valence-electron chi connectivity index (χ1n) is 8.15. The van der Waals surface area contributed by atoms with E-state index in [0.29, 0.717) is 23.2 Å². The molecule has 0 spiro atoms. The maximum atomic E-state index is 6.15. The third-order valence-corrected chi connectivity index (χ3v) is 4.40. The van der Waals surface area contributed by atoms with E-state index in [0.717, 1.165) is 23.4 Å². The molecule has 0 unspecified atom stereocenters. The van der Waals surface area contributed by atoms with E-state index in [4.69, 9.17) is 27.9 Å². The molecule has 0 aliphatic rings. The Morgan fingerprint density at radius 2 is 1.56 bits per heavy atom. The fraction of sp³-hybridized carbons (Fsp3) is 0.143. The highest BCUT2D eigenvalue weighted by atomic mass is 35.5. The van der Waals surface area contributed by atoms with E-state index in [-0.39, 0.29) is 0 Å². The number of hydrogen-bond acceptors (Lipinski definition) is 2. The Morgan fingerprint density at radius 3 is 2.32 bits per heavy atom. The van der Waals surface area contributed by atoms with Crippen molar-refractivity contribution in [2.24, 2.45) is 0 Å². The van der Waals surface area contributed by atoms with Crippen molar-refractivity contribution in [2.45, 2.75) is 13.0 Å². The molecule has 0 atom stereocenters. The minimum Gasteiger partial charge on any atom is -0.493 e. The standard InChI is InChI=1S/C21H19Cl2NO/c22-18-8-11-20(23)21(14-18)24-15-17-6-9-19(10-7-17)25-13-12-16-4-2-1-3-5-16/h1-11,14,24H,12-13,15H2. The lowest BCUT2D eigenvalue weighted by molar-refractivity contribution is 0.322. The number of benzene rings is 3. The summed E-state index contributed by atoms with van der Waals surface area (Å²) in [5.74, 6) is 0.875. The van der Waals surface area contributed by atoms with Gasteiger partial charge in [0.05, 0.1) is 17.3 Å². The first kappa shape index (κ1) is 17.7. The summed E-state index contributed by atoms with van der Waals surface area (Å²) in [7, 11) is 0. The normalized spacial score (nSPS) is 10.5. The number of halogens is 2. The molecular weight excluding hydrogens is 353 g/mol. The Bertz CT molecular complexity index is 804. The molecule has 0 saturated heterocycles. The van der Waals surface area contributed by atoms with Gasteiger partial charge in [-0.15, -0.1) is 0 Å². The molecule has 4 heteroatoms. The fourth-order valence-corrected chi connectivity index (χ4v) is 2.82. The summed E-state index contributed by atoms with van der Waals surface area (Å²) < 4.78 is 5.80. The Labute approximate surface area is 158 Å². The van der Waals surface area contributed by atoms with Gasteiger partial charge in [-0.3, -0.25) is 0 Å². The molecule has 2 nitrogen and oxygen atoms in total. The zero-order chi connectivity index (χ0) is 17.5. The number of nitrogens with one attached hydrogen (secondary N) is 1. The lowest BCUT2D eigenvalue weighted by atomic mass is 10.2. The molecular formula is C21H19Cl2NO. The molecule has 0 bridgehead atoms. The molecule has 0 aromatic heterocycles. The highest BCUT2D eigenvalue weighted by Gasteiger charge is 2.02. The van der Waals surface area contributed by atoms with Gasteiger partial charge in [0, 0.05) is 18.0 Å². The van der Waals surface area contributed by atoms with Gasteiger partial charge in [-0.1, -0.05) is 65.7 Å². The van der Waals surface area contributed by atoms with Gasteiger partial charge in [0.1, 0.15) is 5.75 Å². The zero-order valence-electron chi connectivity index (χ0n) is 13.7.